The fourth-order valence-corrected chi connectivity index (χ4v) is 12.2. The smallest absolute Gasteiger partial charge is 0.260 e. The van der Waals surface area contributed by atoms with Gasteiger partial charge in [-0.25, -0.2) is 9.78 Å². The highest BCUT2D eigenvalue weighted by molar-refractivity contribution is 6.22. The summed E-state index contributed by atoms with van der Waals surface area (Å²) < 4.78 is 42.2. The molecule has 4 amide bonds. The van der Waals surface area contributed by atoms with Crippen LogP contribution in [0.4, 0.5) is 0 Å². The third kappa shape index (κ3) is 9.84. The van der Waals surface area contributed by atoms with Crippen molar-refractivity contribution in [2.24, 2.45) is 23.2 Å². The number of nitrogens with zero attached hydrogens (tertiary/aromatic N) is 2. The number of aliphatic hydroxyl groups is 3. The van der Waals surface area contributed by atoms with Gasteiger partial charge in [-0.05, 0) is 91.3 Å². The maximum absolute atomic E-state index is 14.9. The van der Waals surface area contributed by atoms with E-state index >= 15 is 0 Å². The van der Waals surface area contributed by atoms with E-state index in [1.54, 1.807) is 12.2 Å². The summed E-state index contributed by atoms with van der Waals surface area (Å²) in [5.41, 5.74) is 3.32. The number of rotatable bonds is 26. The van der Waals surface area contributed by atoms with Crippen molar-refractivity contribution in [2.75, 3.05) is 72.6 Å². The van der Waals surface area contributed by atoms with Crippen molar-refractivity contribution in [3.8, 4) is 11.5 Å². The number of ether oxygens (including phenoxy) is 7. The monoisotopic (exact) mass is 1010 g/mol. The SMILES string of the molecule is Cc1cc(C(c2cc(C)c(OCC3CO3)c(C)c2)C23C=CC(O2)C2=C3C(=O)N(CCC(C)CC(C)(C)CN3C(=O)C4C5C=CC(COCC(O)COOCC(O)CO)(O5)C4C3=O)C2=O)cc(C)c1OCC1CO1. The van der Waals surface area contributed by atoms with E-state index in [-0.39, 0.29) is 81.3 Å². The Hall–Kier alpha value is -4.86. The minimum Gasteiger partial charge on any atom is -0.490 e. The third-order valence-electron chi connectivity index (χ3n) is 15.4. The van der Waals surface area contributed by atoms with Gasteiger partial charge >= 0.3 is 0 Å². The molecule has 0 aromatic heterocycles. The molecule has 8 aliphatic rings. The van der Waals surface area contributed by atoms with Gasteiger partial charge in [-0.3, -0.25) is 29.0 Å². The van der Waals surface area contributed by atoms with Crippen molar-refractivity contribution in [1.29, 1.82) is 0 Å². The number of amides is 4. The Balaban J connectivity index is 0.805. The maximum Gasteiger partial charge on any atom is 0.260 e. The summed E-state index contributed by atoms with van der Waals surface area (Å²) in [4.78, 5) is 70.0. The standard InChI is InChI=1S/C55H68N2O16/c1-29(18-53(6,7)27-57-50(62)42-40-8-11-54(72-40,45(42)51(57)63)28-65-20-37(60)22-71-70-21-36(59)19-58)10-13-56-49(61)43-41-9-12-55(73-41,46(43)52(56)64)44(34-14-30(2)47(31(3)15-34)68-25-38-23-66-38)35-16-32(4)48(33(5)17-35)69-26-39-24-67-39/h8-9,11-12,14-17,29,36-42,44-45,58-60H,10,13,18-28H2,1-7H3. The number of hydrogen-bond acceptors (Lipinski definition) is 16. The van der Waals surface area contributed by atoms with Gasteiger partial charge in [0.1, 0.15) is 79.6 Å². The van der Waals surface area contributed by atoms with Gasteiger partial charge in [0, 0.05) is 19.0 Å². The van der Waals surface area contributed by atoms with E-state index in [0.717, 1.165) is 44.9 Å². The summed E-state index contributed by atoms with van der Waals surface area (Å²) in [6, 6.07) is 8.38. The molecule has 2 aromatic rings. The van der Waals surface area contributed by atoms with Crippen LogP contribution in [0, 0.1) is 50.9 Å². The van der Waals surface area contributed by atoms with Crippen molar-refractivity contribution >= 4 is 23.6 Å². The number of hydrogen-bond donors (Lipinski definition) is 3. The highest BCUT2D eigenvalue weighted by Crippen LogP contribution is 2.57. The summed E-state index contributed by atoms with van der Waals surface area (Å²) in [5, 5.41) is 28.6. The highest BCUT2D eigenvalue weighted by atomic mass is 17.2. The Morgan fingerprint density at radius 3 is 1.93 bits per heavy atom. The molecule has 8 heterocycles. The lowest BCUT2D eigenvalue weighted by molar-refractivity contribution is -0.317. The van der Waals surface area contributed by atoms with Crippen LogP contribution in [-0.2, 0) is 52.6 Å². The molecule has 11 atom stereocenters. The number of carbonyl (C=O) groups excluding carboxylic acids is 4. The molecule has 18 nitrogen and oxygen atoms in total. The Labute approximate surface area is 425 Å². The van der Waals surface area contributed by atoms with Gasteiger partial charge in [-0.1, -0.05) is 63.3 Å². The summed E-state index contributed by atoms with van der Waals surface area (Å²) in [7, 11) is 0. The molecule has 0 spiro atoms. The second-order valence-electron chi connectivity index (χ2n) is 22.2. The molecule has 0 radical (unpaired) electrons. The zero-order valence-electron chi connectivity index (χ0n) is 42.6. The molecular weight excluding hydrogens is 945 g/mol. The molecular formula is C55H68N2O16. The first-order valence-electron chi connectivity index (χ1n) is 25.5. The van der Waals surface area contributed by atoms with Gasteiger partial charge < -0.3 is 48.5 Å². The number of aliphatic hydroxyl groups excluding tert-OH is 3. The number of benzene rings is 2. The fraction of sp³-hybridized carbons (Fsp3) is 0.600. The zero-order chi connectivity index (χ0) is 51.7. The molecule has 18 heteroatoms. The quantitative estimate of drug-likeness (QED) is 0.0307. The summed E-state index contributed by atoms with van der Waals surface area (Å²) in [6.45, 7) is 15.5. The van der Waals surface area contributed by atoms with Crippen LogP contribution in [0.25, 0.3) is 0 Å². The predicted molar refractivity (Wildman–Crippen MR) is 259 cm³/mol. The average Bonchev–Trinajstić information content (AvgIpc) is 4.14. The first-order valence-corrected chi connectivity index (χ1v) is 25.5. The van der Waals surface area contributed by atoms with Crippen molar-refractivity contribution in [3.05, 3.63) is 93.1 Å². The molecule has 0 aliphatic carbocycles. The number of epoxide rings is 2. The maximum atomic E-state index is 14.9. The molecule has 3 N–H and O–H groups in total. The number of aryl methyl sites for hydroxylation is 4. The highest BCUT2D eigenvalue weighted by Gasteiger charge is 2.68. The zero-order valence-corrected chi connectivity index (χ0v) is 42.6. The molecule has 10 rings (SSSR count). The molecule has 2 aromatic carbocycles. The largest absolute Gasteiger partial charge is 0.490 e. The van der Waals surface area contributed by atoms with Gasteiger partial charge in [0.25, 0.3) is 11.8 Å². The molecule has 8 aliphatic heterocycles. The van der Waals surface area contributed by atoms with E-state index < -0.39 is 65.4 Å². The number of likely N-dealkylation sites (tertiary alicyclic amines) is 1. The molecule has 4 bridgehead atoms. The van der Waals surface area contributed by atoms with Gasteiger partial charge in [0.2, 0.25) is 11.8 Å². The van der Waals surface area contributed by atoms with E-state index in [0.29, 0.717) is 50.4 Å². The topological polar surface area (TPSA) is 225 Å². The Bertz CT molecular complexity index is 2500. The summed E-state index contributed by atoms with van der Waals surface area (Å²) >= 11 is 0. The summed E-state index contributed by atoms with van der Waals surface area (Å²) in [6.07, 6.45) is 5.20. The number of imide groups is 2. The Morgan fingerprint density at radius 1 is 0.767 bits per heavy atom. The van der Waals surface area contributed by atoms with Crippen LogP contribution in [-0.4, -0.2) is 169 Å². The predicted octanol–water partition coefficient (Wildman–Crippen LogP) is 3.41. The van der Waals surface area contributed by atoms with E-state index in [1.807, 2.05) is 53.7 Å². The van der Waals surface area contributed by atoms with Crippen LogP contribution in [0.3, 0.4) is 0 Å². The van der Waals surface area contributed by atoms with E-state index in [4.69, 9.17) is 48.0 Å². The van der Waals surface area contributed by atoms with Crippen molar-refractivity contribution in [3.63, 3.8) is 0 Å². The minimum atomic E-state index is -1.28. The van der Waals surface area contributed by atoms with Crippen LogP contribution in [0.15, 0.2) is 59.7 Å². The van der Waals surface area contributed by atoms with Crippen molar-refractivity contribution < 1.29 is 77.4 Å². The van der Waals surface area contributed by atoms with Crippen LogP contribution in [0.1, 0.15) is 72.9 Å². The molecule has 4 saturated heterocycles. The van der Waals surface area contributed by atoms with Crippen molar-refractivity contribution in [2.45, 2.75) is 115 Å². The molecule has 73 heavy (non-hydrogen) atoms. The first kappa shape index (κ1) is 51.6. The lowest BCUT2D eigenvalue weighted by atomic mass is 9.71. The summed E-state index contributed by atoms with van der Waals surface area (Å²) in [5.74, 6) is -1.81. The lowest BCUT2D eigenvalue weighted by Crippen LogP contribution is -2.46. The second-order valence-corrected chi connectivity index (χ2v) is 22.2. The third-order valence-corrected chi connectivity index (χ3v) is 15.4. The van der Waals surface area contributed by atoms with Gasteiger partial charge in [0.15, 0.2) is 0 Å². The van der Waals surface area contributed by atoms with Crippen LogP contribution in [0.2, 0.25) is 0 Å². The van der Waals surface area contributed by atoms with Crippen LogP contribution in [0.5, 0.6) is 11.5 Å². The van der Waals surface area contributed by atoms with Gasteiger partial charge in [-0.15, -0.1) is 0 Å². The Kier molecular flexibility index (Phi) is 14.2. The van der Waals surface area contributed by atoms with Crippen LogP contribution < -0.4 is 9.47 Å². The van der Waals surface area contributed by atoms with Gasteiger partial charge in [0.05, 0.1) is 62.1 Å². The van der Waals surface area contributed by atoms with Crippen molar-refractivity contribution in [1.82, 2.24) is 9.80 Å². The molecule has 11 unspecified atom stereocenters. The normalized spacial score (nSPS) is 30.0. The molecule has 4 fully saturated rings. The van der Waals surface area contributed by atoms with E-state index in [9.17, 15) is 29.4 Å². The average molecular weight is 1010 g/mol. The second kappa shape index (κ2) is 20.0. The van der Waals surface area contributed by atoms with E-state index in [1.165, 1.54) is 9.80 Å². The lowest BCUT2D eigenvalue weighted by Gasteiger charge is -2.37. The first-order chi connectivity index (χ1) is 34.8. The van der Waals surface area contributed by atoms with Crippen LogP contribution >= 0.6 is 0 Å². The van der Waals surface area contributed by atoms with Gasteiger partial charge in [-0.2, -0.15) is 0 Å². The number of carbonyl (C=O) groups is 4. The molecule has 0 saturated carbocycles. The molecule has 394 valence electrons. The van der Waals surface area contributed by atoms with E-state index in [2.05, 4.69) is 31.2 Å². The minimum absolute atomic E-state index is 0.0102. The fourth-order valence-electron chi connectivity index (χ4n) is 12.2. The Morgan fingerprint density at radius 2 is 1.36 bits per heavy atom. The number of fused-ring (bicyclic) bond motifs is 9.